The molecule has 0 aliphatic carbocycles. The Bertz CT molecular complexity index is 281. The highest BCUT2D eigenvalue weighted by Gasteiger charge is 1.95. The first-order valence-electron chi connectivity index (χ1n) is 7.12. The van der Waals surface area contributed by atoms with Crippen molar-refractivity contribution in [3.8, 4) is 11.8 Å². The Hall–Kier alpha value is -1.23. The van der Waals surface area contributed by atoms with Crippen LogP contribution in [0.25, 0.3) is 0 Å². The summed E-state index contributed by atoms with van der Waals surface area (Å²) in [5.74, 6) is 5.51. The molecular weight excluding hydrogens is 224 g/mol. The van der Waals surface area contributed by atoms with Crippen LogP contribution in [0.3, 0.4) is 0 Å². The van der Waals surface area contributed by atoms with Crippen LogP contribution in [0.4, 0.5) is 0 Å². The lowest BCUT2D eigenvalue weighted by atomic mass is 10.1. The zero-order chi connectivity index (χ0) is 13.5. The van der Waals surface area contributed by atoms with Crippen molar-refractivity contribution < 1.29 is 9.90 Å². The highest BCUT2D eigenvalue weighted by Crippen LogP contribution is 2.06. The Kier molecular flexibility index (Phi) is 12.9. The van der Waals surface area contributed by atoms with Gasteiger partial charge in [0, 0.05) is 12.8 Å². The molecule has 2 nitrogen and oxygen atoms in total. The summed E-state index contributed by atoms with van der Waals surface area (Å²) in [6.07, 6.45) is 14.2. The molecule has 0 bridgehead atoms. The Morgan fingerprint density at radius 3 is 2.56 bits per heavy atom. The van der Waals surface area contributed by atoms with E-state index in [0.29, 0.717) is 6.42 Å². The van der Waals surface area contributed by atoms with E-state index < -0.39 is 5.97 Å². The number of carboxylic acid groups (broad SMARTS) is 1. The molecule has 0 aromatic carbocycles. The molecule has 0 aromatic rings. The fraction of sp³-hybridized carbons (Fsp3) is 0.688. The molecule has 0 rings (SSSR count). The van der Waals surface area contributed by atoms with Gasteiger partial charge in [0.2, 0.25) is 0 Å². The number of aliphatic carboxylic acids is 1. The van der Waals surface area contributed by atoms with E-state index in [9.17, 15) is 4.79 Å². The average Bonchev–Trinajstić information content (AvgIpc) is 2.34. The van der Waals surface area contributed by atoms with Gasteiger partial charge in [0.15, 0.2) is 0 Å². The maximum atomic E-state index is 10.3. The van der Waals surface area contributed by atoms with Gasteiger partial charge in [-0.1, -0.05) is 56.9 Å². The third kappa shape index (κ3) is 14.8. The molecule has 0 saturated heterocycles. The van der Waals surface area contributed by atoms with Gasteiger partial charge in [-0.2, -0.15) is 0 Å². The minimum atomic E-state index is -0.685. The zero-order valence-corrected chi connectivity index (χ0v) is 11.6. The normalized spacial score (nSPS) is 10.3. The molecule has 0 aliphatic rings. The number of carboxylic acids is 1. The molecule has 0 aliphatic heterocycles. The number of carbonyl (C=O) groups is 1. The average molecular weight is 250 g/mol. The minimum absolute atomic E-state index is 0.308. The lowest BCUT2D eigenvalue weighted by Crippen LogP contribution is -1.93. The summed E-state index contributed by atoms with van der Waals surface area (Å²) in [5, 5.41) is 8.47. The van der Waals surface area contributed by atoms with Crippen LogP contribution in [0.15, 0.2) is 12.2 Å². The highest BCUT2D eigenvalue weighted by molar-refractivity contribution is 5.66. The van der Waals surface area contributed by atoms with Crippen LogP contribution in [0.1, 0.15) is 71.1 Å². The molecule has 0 saturated carbocycles. The topological polar surface area (TPSA) is 37.3 Å². The zero-order valence-electron chi connectivity index (χ0n) is 11.6. The SMILES string of the molecule is CCCCC=CC#CCCCCCCCC(=O)O. The maximum Gasteiger partial charge on any atom is 0.303 e. The van der Waals surface area contributed by atoms with Crippen LogP contribution in [-0.4, -0.2) is 11.1 Å². The molecule has 0 spiro atoms. The van der Waals surface area contributed by atoms with Crippen molar-refractivity contribution in [3.63, 3.8) is 0 Å². The first-order valence-corrected chi connectivity index (χ1v) is 7.12. The number of allylic oxidation sites excluding steroid dienone is 2. The van der Waals surface area contributed by atoms with Crippen LogP contribution in [0.5, 0.6) is 0 Å². The van der Waals surface area contributed by atoms with Crippen LogP contribution in [0.2, 0.25) is 0 Å². The second-order valence-corrected chi connectivity index (χ2v) is 4.53. The summed E-state index contributed by atoms with van der Waals surface area (Å²) in [6.45, 7) is 2.19. The van der Waals surface area contributed by atoms with E-state index in [2.05, 4.69) is 24.8 Å². The van der Waals surface area contributed by atoms with Crippen molar-refractivity contribution in [2.75, 3.05) is 0 Å². The summed E-state index contributed by atoms with van der Waals surface area (Å²) in [4.78, 5) is 10.3. The second kappa shape index (κ2) is 13.8. The van der Waals surface area contributed by atoms with E-state index >= 15 is 0 Å². The van der Waals surface area contributed by atoms with Crippen molar-refractivity contribution in [2.24, 2.45) is 0 Å². The van der Waals surface area contributed by atoms with Crippen molar-refractivity contribution in [1.82, 2.24) is 0 Å². The van der Waals surface area contributed by atoms with E-state index in [1.54, 1.807) is 0 Å². The molecule has 2 heteroatoms. The van der Waals surface area contributed by atoms with Gasteiger partial charge in [-0.15, -0.1) is 0 Å². The van der Waals surface area contributed by atoms with Crippen LogP contribution in [0, 0.1) is 11.8 Å². The Balaban J connectivity index is 3.22. The molecule has 0 aromatic heterocycles. The molecular formula is C16H26O2. The molecule has 0 heterocycles. The maximum absolute atomic E-state index is 10.3. The van der Waals surface area contributed by atoms with Crippen LogP contribution >= 0.6 is 0 Å². The van der Waals surface area contributed by atoms with Crippen molar-refractivity contribution in [3.05, 3.63) is 12.2 Å². The molecule has 102 valence electrons. The second-order valence-electron chi connectivity index (χ2n) is 4.53. The van der Waals surface area contributed by atoms with E-state index in [0.717, 1.165) is 44.9 Å². The fourth-order valence-electron chi connectivity index (χ4n) is 1.62. The summed E-state index contributed by atoms with van der Waals surface area (Å²) in [7, 11) is 0. The number of rotatable bonds is 10. The number of hydrogen-bond acceptors (Lipinski definition) is 1. The Morgan fingerprint density at radius 1 is 1.11 bits per heavy atom. The predicted molar refractivity (Wildman–Crippen MR) is 76.4 cm³/mol. The van der Waals surface area contributed by atoms with Crippen molar-refractivity contribution in [2.45, 2.75) is 71.1 Å². The van der Waals surface area contributed by atoms with Crippen molar-refractivity contribution >= 4 is 5.97 Å². The Labute approximate surface area is 111 Å². The van der Waals surface area contributed by atoms with Gasteiger partial charge in [0.25, 0.3) is 0 Å². The van der Waals surface area contributed by atoms with E-state index in [1.165, 1.54) is 12.8 Å². The first kappa shape index (κ1) is 16.8. The van der Waals surface area contributed by atoms with Crippen LogP contribution in [-0.2, 0) is 4.79 Å². The van der Waals surface area contributed by atoms with Crippen molar-refractivity contribution in [1.29, 1.82) is 0 Å². The summed E-state index contributed by atoms with van der Waals surface area (Å²) < 4.78 is 0. The molecule has 0 unspecified atom stereocenters. The molecule has 18 heavy (non-hydrogen) atoms. The molecule has 0 atom stereocenters. The quantitative estimate of drug-likeness (QED) is 0.456. The van der Waals surface area contributed by atoms with Gasteiger partial charge in [0.1, 0.15) is 0 Å². The standard InChI is InChI=1S/C16H26O2/c1-2-3-4-5-6-7-8-9-10-11-12-13-14-15-16(17)18/h5-6H,2-4,9-15H2,1H3,(H,17,18). The summed E-state index contributed by atoms with van der Waals surface area (Å²) in [5.41, 5.74) is 0. The largest absolute Gasteiger partial charge is 0.481 e. The van der Waals surface area contributed by atoms with Gasteiger partial charge >= 0.3 is 5.97 Å². The molecule has 0 radical (unpaired) electrons. The monoisotopic (exact) mass is 250 g/mol. The van der Waals surface area contributed by atoms with Gasteiger partial charge in [-0.3, -0.25) is 4.79 Å². The predicted octanol–water partition coefficient (Wildman–Crippen LogP) is 4.55. The smallest absolute Gasteiger partial charge is 0.303 e. The summed E-state index contributed by atoms with van der Waals surface area (Å²) >= 11 is 0. The van der Waals surface area contributed by atoms with Crippen LogP contribution < -0.4 is 0 Å². The fourth-order valence-corrected chi connectivity index (χ4v) is 1.62. The Morgan fingerprint density at radius 2 is 1.83 bits per heavy atom. The van der Waals surface area contributed by atoms with E-state index in [4.69, 9.17) is 5.11 Å². The van der Waals surface area contributed by atoms with E-state index in [-0.39, 0.29) is 0 Å². The third-order valence-electron chi connectivity index (χ3n) is 2.72. The lowest BCUT2D eigenvalue weighted by molar-refractivity contribution is -0.137. The van der Waals surface area contributed by atoms with Gasteiger partial charge < -0.3 is 5.11 Å². The lowest BCUT2D eigenvalue weighted by Gasteiger charge is -1.97. The minimum Gasteiger partial charge on any atom is -0.481 e. The van der Waals surface area contributed by atoms with Gasteiger partial charge in [0.05, 0.1) is 0 Å². The first-order chi connectivity index (χ1) is 8.77. The molecule has 1 N–H and O–H groups in total. The summed E-state index contributed by atoms with van der Waals surface area (Å²) in [6, 6.07) is 0. The number of unbranched alkanes of at least 4 members (excludes halogenated alkanes) is 7. The third-order valence-corrected chi connectivity index (χ3v) is 2.72. The molecule has 0 amide bonds. The highest BCUT2D eigenvalue weighted by atomic mass is 16.4. The van der Waals surface area contributed by atoms with Gasteiger partial charge in [-0.05, 0) is 25.3 Å². The van der Waals surface area contributed by atoms with E-state index in [1.807, 2.05) is 6.08 Å². The molecule has 0 fully saturated rings. The number of hydrogen-bond donors (Lipinski definition) is 1. The van der Waals surface area contributed by atoms with Gasteiger partial charge in [-0.25, -0.2) is 0 Å².